The average Bonchev–Trinajstić information content (AvgIpc) is 3.22. The number of anilines is 1. The molecule has 0 aliphatic carbocycles. The van der Waals surface area contributed by atoms with Gasteiger partial charge in [-0.05, 0) is 12.8 Å². The minimum atomic E-state index is -0.421. The average molecular weight is 305 g/mol. The Morgan fingerprint density at radius 2 is 2.36 bits per heavy atom. The van der Waals surface area contributed by atoms with E-state index in [0.717, 1.165) is 37.6 Å². The second kappa shape index (κ2) is 5.33. The fraction of sp³-hybridized carbons (Fsp3) is 0.733. The van der Waals surface area contributed by atoms with E-state index in [4.69, 9.17) is 10.5 Å². The number of aromatic nitrogens is 2. The van der Waals surface area contributed by atoms with Crippen LogP contribution in [0.4, 0.5) is 5.82 Å². The predicted molar refractivity (Wildman–Crippen MR) is 81.7 cm³/mol. The molecule has 1 amide bonds. The molecule has 2 N–H and O–H groups in total. The molecule has 0 saturated carbocycles. The number of morpholine rings is 1. The van der Waals surface area contributed by atoms with Crippen molar-refractivity contribution in [2.45, 2.75) is 44.0 Å². The number of carbonyl (C=O) groups excluding carboxylic acids is 1. The maximum absolute atomic E-state index is 12.1. The number of nitrogens with zero attached hydrogens (tertiary/aromatic N) is 4. The topological polar surface area (TPSA) is 76.6 Å². The number of carbonyl (C=O) groups is 1. The molecule has 3 aliphatic heterocycles. The number of hydrogen-bond acceptors (Lipinski definition) is 5. The molecule has 0 spiro atoms. The van der Waals surface area contributed by atoms with Gasteiger partial charge in [0, 0.05) is 45.2 Å². The lowest BCUT2D eigenvalue weighted by Gasteiger charge is -2.26. The lowest BCUT2D eigenvalue weighted by Crippen LogP contribution is -2.40. The molecule has 2 bridgehead atoms. The van der Waals surface area contributed by atoms with Crippen molar-refractivity contribution in [3.05, 3.63) is 11.8 Å². The second-order valence-corrected chi connectivity index (χ2v) is 6.60. The minimum Gasteiger partial charge on any atom is -0.375 e. The van der Waals surface area contributed by atoms with Crippen LogP contribution in [0.1, 0.15) is 18.5 Å². The molecule has 7 nitrogen and oxygen atoms in total. The quantitative estimate of drug-likeness (QED) is 0.822. The van der Waals surface area contributed by atoms with Crippen molar-refractivity contribution in [3.63, 3.8) is 0 Å². The summed E-state index contributed by atoms with van der Waals surface area (Å²) in [6.45, 7) is 3.64. The highest BCUT2D eigenvalue weighted by Crippen LogP contribution is 2.28. The Labute approximate surface area is 130 Å². The number of likely N-dealkylation sites (N-methyl/N-ethyl adjacent to an activating group) is 1. The van der Waals surface area contributed by atoms with Crippen LogP contribution >= 0.6 is 0 Å². The molecule has 3 atom stereocenters. The van der Waals surface area contributed by atoms with E-state index in [1.54, 1.807) is 11.9 Å². The molecule has 1 aromatic rings. The van der Waals surface area contributed by atoms with E-state index in [9.17, 15) is 4.79 Å². The first-order valence-electron chi connectivity index (χ1n) is 8.07. The molecule has 22 heavy (non-hydrogen) atoms. The number of aryl methyl sites for hydroxylation is 1. The third-order valence-electron chi connectivity index (χ3n) is 5.12. The van der Waals surface area contributed by atoms with Gasteiger partial charge in [0.2, 0.25) is 5.91 Å². The van der Waals surface area contributed by atoms with Gasteiger partial charge in [-0.25, -0.2) is 4.68 Å². The van der Waals surface area contributed by atoms with Crippen LogP contribution in [0.25, 0.3) is 0 Å². The van der Waals surface area contributed by atoms with Crippen LogP contribution in [-0.2, 0) is 22.5 Å². The lowest BCUT2D eigenvalue weighted by molar-refractivity contribution is -0.119. The smallest absolute Gasteiger partial charge is 0.244 e. The number of ether oxygens (including phenoxy) is 1. The predicted octanol–water partition coefficient (Wildman–Crippen LogP) is -0.407. The second-order valence-electron chi connectivity index (χ2n) is 6.60. The van der Waals surface area contributed by atoms with E-state index in [0.29, 0.717) is 25.1 Å². The molecule has 4 heterocycles. The molecule has 2 fully saturated rings. The molecule has 0 aromatic carbocycles. The molecule has 3 aliphatic rings. The number of hydrogen-bond donors (Lipinski definition) is 1. The fourth-order valence-electron chi connectivity index (χ4n) is 3.77. The summed E-state index contributed by atoms with van der Waals surface area (Å²) in [7, 11) is 1.78. The normalized spacial score (nSPS) is 31.6. The van der Waals surface area contributed by atoms with Crippen molar-refractivity contribution in [2.75, 3.05) is 31.6 Å². The van der Waals surface area contributed by atoms with Crippen molar-refractivity contribution in [1.29, 1.82) is 0 Å². The molecular weight excluding hydrogens is 282 g/mol. The van der Waals surface area contributed by atoms with Crippen molar-refractivity contribution < 1.29 is 9.53 Å². The number of amides is 1. The van der Waals surface area contributed by atoms with E-state index in [1.807, 2.05) is 10.7 Å². The van der Waals surface area contributed by atoms with Crippen LogP contribution in [0.5, 0.6) is 0 Å². The third kappa shape index (κ3) is 2.33. The Bertz CT molecular complexity index is 586. The van der Waals surface area contributed by atoms with E-state index >= 15 is 0 Å². The lowest BCUT2D eigenvalue weighted by atomic mass is 10.2. The van der Waals surface area contributed by atoms with E-state index in [-0.39, 0.29) is 5.91 Å². The van der Waals surface area contributed by atoms with Crippen LogP contribution in [-0.4, -0.2) is 65.5 Å². The molecule has 4 rings (SSSR count). The molecular formula is C15H23N5O2. The summed E-state index contributed by atoms with van der Waals surface area (Å²) in [5, 5.41) is 4.66. The van der Waals surface area contributed by atoms with Gasteiger partial charge in [0.1, 0.15) is 5.82 Å². The first-order valence-corrected chi connectivity index (χ1v) is 8.07. The monoisotopic (exact) mass is 305 g/mol. The summed E-state index contributed by atoms with van der Waals surface area (Å²) in [4.78, 5) is 16.3. The van der Waals surface area contributed by atoms with Gasteiger partial charge in [0.25, 0.3) is 0 Å². The van der Waals surface area contributed by atoms with Gasteiger partial charge in [0.15, 0.2) is 0 Å². The van der Waals surface area contributed by atoms with Gasteiger partial charge in [0.05, 0.1) is 24.4 Å². The largest absolute Gasteiger partial charge is 0.375 e. The summed E-state index contributed by atoms with van der Waals surface area (Å²) in [6.07, 6.45) is 3.17. The van der Waals surface area contributed by atoms with Gasteiger partial charge in [-0.1, -0.05) is 0 Å². The zero-order chi connectivity index (χ0) is 15.3. The van der Waals surface area contributed by atoms with Crippen molar-refractivity contribution in [1.82, 2.24) is 14.7 Å². The Hall–Kier alpha value is -1.44. The summed E-state index contributed by atoms with van der Waals surface area (Å²) in [6, 6.07) is 2.20. The number of rotatable bonds is 3. The number of fused-ring (bicyclic) bond motifs is 3. The summed E-state index contributed by atoms with van der Waals surface area (Å²) < 4.78 is 7.55. The van der Waals surface area contributed by atoms with Crippen molar-refractivity contribution in [3.8, 4) is 0 Å². The molecule has 0 radical (unpaired) electrons. The van der Waals surface area contributed by atoms with Gasteiger partial charge >= 0.3 is 0 Å². The van der Waals surface area contributed by atoms with E-state index < -0.39 is 6.04 Å². The Kier molecular flexibility index (Phi) is 3.43. The first-order chi connectivity index (χ1) is 10.6. The number of nitrogens with two attached hydrogens (primary N) is 1. The molecule has 120 valence electrons. The highest BCUT2D eigenvalue weighted by molar-refractivity contribution is 5.96. The van der Waals surface area contributed by atoms with Crippen LogP contribution in [0.15, 0.2) is 6.07 Å². The van der Waals surface area contributed by atoms with Crippen LogP contribution < -0.4 is 10.6 Å². The van der Waals surface area contributed by atoms with Gasteiger partial charge in [-0.2, -0.15) is 5.10 Å². The highest BCUT2D eigenvalue weighted by atomic mass is 16.5. The molecule has 7 heteroatoms. The van der Waals surface area contributed by atoms with Crippen molar-refractivity contribution >= 4 is 11.7 Å². The number of likely N-dealkylation sites (tertiary alicyclic amines) is 1. The maximum Gasteiger partial charge on any atom is 0.244 e. The van der Waals surface area contributed by atoms with Crippen molar-refractivity contribution in [2.24, 2.45) is 5.73 Å². The Morgan fingerprint density at radius 1 is 1.50 bits per heavy atom. The van der Waals surface area contributed by atoms with E-state index in [2.05, 4.69) is 10.00 Å². The summed E-state index contributed by atoms with van der Waals surface area (Å²) in [5.41, 5.74) is 6.92. The standard InChI is InChI=1S/C15H23N5O2/c1-18-14-6-10(17-20(14)5-3-13(16)15(18)21)2-4-19-8-12-7-11(19)9-22-12/h6,11-13H,2-5,7-9,16H2,1H3. The van der Waals surface area contributed by atoms with Crippen LogP contribution in [0, 0.1) is 0 Å². The minimum absolute atomic E-state index is 0.0285. The first kappa shape index (κ1) is 14.2. The highest BCUT2D eigenvalue weighted by Gasteiger charge is 2.38. The van der Waals surface area contributed by atoms with Gasteiger partial charge in [-0.3, -0.25) is 14.6 Å². The van der Waals surface area contributed by atoms with Gasteiger partial charge in [-0.15, -0.1) is 0 Å². The van der Waals surface area contributed by atoms with Gasteiger partial charge < -0.3 is 10.5 Å². The molecule has 3 unspecified atom stereocenters. The molecule has 2 saturated heterocycles. The summed E-state index contributed by atoms with van der Waals surface area (Å²) in [5.74, 6) is 0.832. The van der Waals surface area contributed by atoms with E-state index in [1.165, 1.54) is 6.42 Å². The zero-order valence-corrected chi connectivity index (χ0v) is 12.9. The fourth-order valence-corrected chi connectivity index (χ4v) is 3.77. The SMILES string of the molecule is CN1C(=O)C(N)CCn2nc(CCN3CC4CC3CO4)cc21. The Balaban J connectivity index is 1.44. The van der Waals surface area contributed by atoms with Crippen LogP contribution in [0.3, 0.4) is 0 Å². The summed E-state index contributed by atoms with van der Waals surface area (Å²) >= 11 is 0. The molecule has 1 aromatic heterocycles. The van der Waals surface area contributed by atoms with Crippen LogP contribution in [0.2, 0.25) is 0 Å². The zero-order valence-electron chi connectivity index (χ0n) is 12.9. The Morgan fingerprint density at radius 3 is 3.09 bits per heavy atom. The maximum atomic E-state index is 12.1. The third-order valence-corrected chi connectivity index (χ3v) is 5.12.